The van der Waals surface area contributed by atoms with Gasteiger partial charge in [0.1, 0.15) is 0 Å². The number of nitrogens with zero attached hydrogens (tertiary/aromatic N) is 4. The van der Waals surface area contributed by atoms with Crippen molar-refractivity contribution in [2.45, 2.75) is 19.4 Å². The Balaban J connectivity index is 1.35. The number of fused-ring (bicyclic) bond motifs is 1. The number of ether oxygens (including phenoxy) is 1. The zero-order valence-corrected chi connectivity index (χ0v) is 19.2. The molecular formula is C28H25N5O. The van der Waals surface area contributed by atoms with Crippen molar-refractivity contribution in [3.05, 3.63) is 114 Å². The highest BCUT2D eigenvalue weighted by Crippen LogP contribution is 2.34. The largest absolute Gasteiger partial charge is 0.481 e. The number of pyridine rings is 2. The number of hydrogen-bond donors (Lipinski definition) is 1. The standard InChI is InChI=1S/C28H25N5O/c1-18(20-7-5-4-6-8-20)33-19(2)28-31-16-23(17-32-28)24-9-10-26-25(24)13-22(15-30-26)21-11-12-29-27(14-21)34-3/h4-9,11-18,33H,2,10H2,1,3H3/t18-/m0/s1. The number of allylic oxidation sites excluding steroid dienone is 1. The third-order valence-electron chi connectivity index (χ3n) is 5.96. The maximum Gasteiger partial charge on any atom is 0.213 e. The average molecular weight is 448 g/mol. The molecule has 0 bridgehead atoms. The first kappa shape index (κ1) is 21.5. The fraction of sp³-hybridized carbons (Fsp3) is 0.143. The van der Waals surface area contributed by atoms with Crippen LogP contribution in [0.3, 0.4) is 0 Å². The third kappa shape index (κ3) is 4.30. The van der Waals surface area contributed by atoms with Gasteiger partial charge in [0.2, 0.25) is 5.88 Å². The van der Waals surface area contributed by atoms with Crippen LogP contribution in [0.2, 0.25) is 0 Å². The molecule has 6 nitrogen and oxygen atoms in total. The van der Waals surface area contributed by atoms with E-state index in [-0.39, 0.29) is 6.04 Å². The maximum atomic E-state index is 5.27. The van der Waals surface area contributed by atoms with Crippen molar-refractivity contribution in [3.63, 3.8) is 0 Å². The molecular weight excluding hydrogens is 422 g/mol. The van der Waals surface area contributed by atoms with Crippen LogP contribution in [0.5, 0.6) is 5.88 Å². The number of methoxy groups -OCH3 is 1. The van der Waals surface area contributed by atoms with Crippen LogP contribution in [0.15, 0.2) is 86.0 Å². The summed E-state index contributed by atoms with van der Waals surface area (Å²) in [5.74, 6) is 1.16. The Hall–Kier alpha value is -4.32. The summed E-state index contributed by atoms with van der Waals surface area (Å²) < 4.78 is 5.27. The molecule has 5 rings (SSSR count). The van der Waals surface area contributed by atoms with E-state index in [1.165, 1.54) is 5.56 Å². The van der Waals surface area contributed by atoms with E-state index in [0.29, 0.717) is 17.4 Å². The first-order valence-corrected chi connectivity index (χ1v) is 11.2. The monoisotopic (exact) mass is 447 g/mol. The van der Waals surface area contributed by atoms with Gasteiger partial charge in [0.25, 0.3) is 0 Å². The SMILES string of the molecule is C=C(N[C@@H](C)c1ccccc1)c1ncc(C2=CCc3ncc(-c4ccnc(OC)c4)cc32)cn1. The topological polar surface area (TPSA) is 72.8 Å². The van der Waals surface area contributed by atoms with Crippen LogP contribution in [-0.2, 0) is 6.42 Å². The van der Waals surface area contributed by atoms with Crippen LogP contribution in [0, 0.1) is 0 Å². The van der Waals surface area contributed by atoms with Gasteiger partial charge in [-0.05, 0) is 35.8 Å². The second-order valence-electron chi connectivity index (χ2n) is 8.18. The molecule has 0 fully saturated rings. The lowest BCUT2D eigenvalue weighted by Gasteiger charge is -2.17. The summed E-state index contributed by atoms with van der Waals surface area (Å²) in [4.78, 5) is 18.1. The van der Waals surface area contributed by atoms with Gasteiger partial charge in [-0.2, -0.15) is 0 Å². The Morgan fingerprint density at radius 1 is 0.941 bits per heavy atom. The van der Waals surface area contributed by atoms with Crippen molar-refractivity contribution in [2.75, 3.05) is 7.11 Å². The second kappa shape index (κ2) is 9.27. The van der Waals surface area contributed by atoms with Crippen molar-refractivity contribution >= 4 is 11.3 Å². The fourth-order valence-electron chi connectivity index (χ4n) is 4.10. The Kier molecular flexibility index (Phi) is 5.87. The van der Waals surface area contributed by atoms with Crippen molar-refractivity contribution < 1.29 is 4.74 Å². The first-order valence-electron chi connectivity index (χ1n) is 11.2. The third-order valence-corrected chi connectivity index (χ3v) is 5.96. The van der Waals surface area contributed by atoms with Gasteiger partial charge >= 0.3 is 0 Å². The number of rotatable bonds is 7. The van der Waals surface area contributed by atoms with Gasteiger partial charge in [-0.15, -0.1) is 0 Å². The van der Waals surface area contributed by atoms with E-state index >= 15 is 0 Å². The van der Waals surface area contributed by atoms with Gasteiger partial charge in [-0.25, -0.2) is 15.0 Å². The molecule has 0 unspecified atom stereocenters. The minimum absolute atomic E-state index is 0.109. The molecule has 0 amide bonds. The molecule has 1 aliphatic rings. The molecule has 34 heavy (non-hydrogen) atoms. The summed E-state index contributed by atoms with van der Waals surface area (Å²) in [6.07, 6.45) is 10.3. The molecule has 0 aliphatic heterocycles. The molecule has 6 heteroatoms. The van der Waals surface area contributed by atoms with Crippen molar-refractivity contribution in [2.24, 2.45) is 0 Å². The Bertz CT molecular complexity index is 1360. The lowest BCUT2D eigenvalue weighted by Crippen LogP contribution is -2.18. The molecule has 1 atom stereocenters. The predicted octanol–water partition coefficient (Wildman–Crippen LogP) is 5.25. The van der Waals surface area contributed by atoms with Gasteiger partial charge in [0.15, 0.2) is 5.82 Å². The van der Waals surface area contributed by atoms with Crippen molar-refractivity contribution in [1.29, 1.82) is 0 Å². The highest BCUT2D eigenvalue weighted by Gasteiger charge is 2.19. The first-order chi connectivity index (χ1) is 16.6. The van der Waals surface area contributed by atoms with E-state index in [1.807, 2.05) is 48.9 Å². The van der Waals surface area contributed by atoms with Gasteiger partial charge in [-0.3, -0.25) is 4.98 Å². The van der Waals surface area contributed by atoms with Crippen LogP contribution >= 0.6 is 0 Å². The zero-order valence-electron chi connectivity index (χ0n) is 19.2. The molecule has 3 aromatic heterocycles. The molecule has 0 radical (unpaired) electrons. The van der Waals surface area contributed by atoms with E-state index in [1.54, 1.807) is 13.3 Å². The quantitative estimate of drug-likeness (QED) is 0.417. The summed E-state index contributed by atoms with van der Waals surface area (Å²) in [7, 11) is 1.62. The number of nitrogens with one attached hydrogen (secondary N) is 1. The number of benzene rings is 1. The normalized spacial score (nSPS) is 13.1. The molecule has 0 saturated carbocycles. The van der Waals surface area contributed by atoms with Crippen molar-refractivity contribution in [1.82, 2.24) is 25.3 Å². The molecule has 1 aliphatic carbocycles. The van der Waals surface area contributed by atoms with Crippen molar-refractivity contribution in [3.8, 4) is 17.0 Å². The summed E-state index contributed by atoms with van der Waals surface area (Å²) in [5, 5.41) is 3.39. The molecule has 168 valence electrons. The van der Waals surface area contributed by atoms with Gasteiger partial charge in [-0.1, -0.05) is 43.0 Å². The van der Waals surface area contributed by atoms with E-state index in [4.69, 9.17) is 9.72 Å². The van der Waals surface area contributed by atoms with E-state index in [9.17, 15) is 0 Å². The summed E-state index contributed by atoms with van der Waals surface area (Å²) in [5.41, 5.74) is 8.09. The Labute approximate surface area is 199 Å². The average Bonchev–Trinajstić information content (AvgIpc) is 3.32. The second-order valence-corrected chi connectivity index (χ2v) is 8.18. The molecule has 1 N–H and O–H groups in total. The summed E-state index contributed by atoms with van der Waals surface area (Å²) in [6, 6.07) is 16.4. The predicted molar refractivity (Wildman–Crippen MR) is 134 cm³/mol. The highest BCUT2D eigenvalue weighted by atomic mass is 16.5. The van der Waals surface area contributed by atoms with Crippen LogP contribution in [-0.4, -0.2) is 27.0 Å². The maximum absolute atomic E-state index is 5.27. The lowest BCUT2D eigenvalue weighted by molar-refractivity contribution is 0.398. The van der Waals surface area contributed by atoms with E-state index in [2.05, 4.69) is 58.0 Å². The Morgan fingerprint density at radius 2 is 1.71 bits per heavy atom. The molecule has 0 spiro atoms. The summed E-state index contributed by atoms with van der Waals surface area (Å²) in [6.45, 7) is 6.23. The molecule has 3 heterocycles. The zero-order chi connectivity index (χ0) is 23.5. The molecule has 0 saturated heterocycles. The van der Waals surface area contributed by atoms with Gasteiger partial charge < -0.3 is 10.1 Å². The van der Waals surface area contributed by atoms with Crippen LogP contribution in [0.25, 0.3) is 22.4 Å². The van der Waals surface area contributed by atoms with E-state index in [0.717, 1.165) is 39.9 Å². The lowest BCUT2D eigenvalue weighted by atomic mass is 10.00. The minimum Gasteiger partial charge on any atom is -0.481 e. The van der Waals surface area contributed by atoms with Gasteiger partial charge in [0, 0.05) is 60.0 Å². The number of aromatic nitrogens is 4. The van der Waals surface area contributed by atoms with Gasteiger partial charge in [0.05, 0.1) is 18.5 Å². The molecule has 4 aromatic rings. The van der Waals surface area contributed by atoms with E-state index < -0.39 is 0 Å². The highest BCUT2D eigenvalue weighted by molar-refractivity contribution is 5.85. The smallest absolute Gasteiger partial charge is 0.213 e. The number of hydrogen-bond acceptors (Lipinski definition) is 6. The minimum atomic E-state index is 0.109. The molecule has 1 aromatic carbocycles. The summed E-state index contributed by atoms with van der Waals surface area (Å²) >= 11 is 0. The Morgan fingerprint density at radius 3 is 2.47 bits per heavy atom. The fourth-order valence-corrected chi connectivity index (χ4v) is 4.10. The van der Waals surface area contributed by atoms with Crippen LogP contribution in [0.4, 0.5) is 0 Å². The van der Waals surface area contributed by atoms with Crippen LogP contribution in [0.1, 0.15) is 41.2 Å². The van der Waals surface area contributed by atoms with Crippen LogP contribution < -0.4 is 10.1 Å².